The predicted molar refractivity (Wildman–Crippen MR) is 150 cm³/mol. The molecule has 2 aliphatic rings. The van der Waals surface area contributed by atoms with Gasteiger partial charge in [0.05, 0.1) is 28.9 Å². The van der Waals surface area contributed by atoms with Crippen molar-refractivity contribution in [2.24, 2.45) is 0 Å². The zero-order chi connectivity index (χ0) is 26.2. The molecule has 6 rings (SSSR count). The number of urea groups is 1. The van der Waals surface area contributed by atoms with E-state index in [1.807, 2.05) is 24.3 Å². The number of nitrogens with one attached hydrogen (secondary N) is 2. The number of benzene rings is 2. The van der Waals surface area contributed by atoms with Crippen LogP contribution in [0, 0.1) is 0 Å². The summed E-state index contributed by atoms with van der Waals surface area (Å²) in [5, 5.41) is 6.79. The number of nitrogens with zero attached hydrogens (tertiary/aromatic N) is 4. The molecule has 2 aromatic heterocycles. The number of thiophene rings is 1. The van der Waals surface area contributed by atoms with Gasteiger partial charge in [-0.15, -0.1) is 11.3 Å². The fourth-order valence-corrected chi connectivity index (χ4v) is 6.16. The maximum Gasteiger partial charge on any atom is 0.332 e. The summed E-state index contributed by atoms with van der Waals surface area (Å²) in [7, 11) is 1.52. The van der Waals surface area contributed by atoms with Gasteiger partial charge in [-0.3, -0.25) is 9.69 Å². The molecule has 0 saturated carbocycles. The smallest absolute Gasteiger partial charge is 0.332 e. The molecule has 1 saturated heterocycles. The van der Waals surface area contributed by atoms with E-state index in [2.05, 4.69) is 25.5 Å². The van der Waals surface area contributed by atoms with E-state index in [-0.39, 0.29) is 5.91 Å². The number of halogens is 1. The molecule has 38 heavy (non-hydrogen) atoms. The Labute approximate surface area is 228 Å². The van der Waals surface area contributed by atoms with Crippen molar-refractivity contribution in [1.29, 1.82) is 0 Å². The molecule has 9 nitrogen and oxygen atoms in total. The number of rotatable bonds is 6. The van der Waals surface area contributed by atoms with E-state index in [9.17, 15) is 9.59 Å². The van der Waals surface area contributed by atoms with Crippen LogP contribution in [-0.4, -0.2) is 47.0 Å². The SMILES string of the molecule is COc1ccc(N2C(=O)Nc3c(C(=O)Nc4ccc(CN5CCCCC5)cc4)sc4ncnc2c34)cc1Cl. The Morgan fingerprint density at radius 2 is 1.92 bits per heavy atom. The van der Waals surface area contributed by atoms with Gasteiger partial charge in [-0.05, 0) is 61.8 Å². The van der Waals surface area contributed by atoms with Gasteiger partial charge in [0.15, 0.2) is 5.82 Å². The highest BCUT2D eigenvalue weighted by Gasteiger charge is 2.34. The Balaban J connectivity index is 1.26. The highest BCUT2D eigenvalue weighted by molar-refractivity contribution is 7.21. The first-order chi connectivity index (χ1) is 18.5. The van der Waals surface area contributed by atoms with E-state index in [0.29, 0.717) is 48.7 Å². The quantitative estimate of drug-likeness (QED) is 0.294. The molecule has 194 valence electrons. The molecule has 1 fully saturated rings. The van der Waals surface area contributed by atoms with Crippen LogP contribution in [0.3, 0.4) is 0 Å². The number of anilines is 4. The van der Waals surface area contributed by atoms with Crippen LogP contribution in [0.25, 0.3) is 10.2 Å². The van der Waals surface area contributed by atoms with Crippen molar-refractivity contribution in [2.45, 2.75) is 25.8 Å². The summed E-state index contributed by atoms with van der Waals surface area (Å²) in [6, 6.07) is 12.5. The molecule has 4 aromatic rings. The number of carbonyl (C=O) groups excluding carboxylic acids is 2. The fourth-order valence-electron chi connectivity index (χ4n) is 4.92. The number of methoxy groups -OCH3 is 1. The third-order valence-corrected chi connectivity index (χ3v) is 8.17. The van der Waals surface area contributed by atoms with E-state index >= 15 is 0 Å². The van der Waals surface area contributed by atoms with Crippen LogP contribution >= 0.6 is 22.9 Å². The minimum absolute atomic E-state index is 0.320. The van der Waals surface area contributed by atoms with Crippen molar-refractivity contribution < 1.29 is 14.3 Å². The molecule has 0 spiro atoms. The zero-order valence-corrected chi connectivity index (χ0v) is 22.2. The van der Waals surface area contributed by atoms with Gasteiger partial charge in [0.1, 0.15) is 21.8 Å². The summed E-state index contributed by atoms with van der Waals surface area (Å²) in [4.78, 5) is 40.1. The van der Waals surface area contributed by atoms with Crippen molar-refractivity contribution in [1.82, 2.24) is 14.9 Å². The average Bonchev–Trinajstić information content (AvgIpc) is 3.30. The number of aromatic nitrogens is 2. The maximum atomic E-state index is 13.3. The third-order valence-electron chi connectivity index (χ3n) is 6.78. The second kappa shape index (κ2) is 10.2. The molecular formula is C27H25ClN6O3S. The van der Waals surface area contributed by atoms with Gasteiger partial charge < -0.3 is 15.4 Å². The molecule has 0 atom stereocenters. The van der Waals surface area contributed by atoms with Crippen LogP contribution in [0.15, 0.2) is 48.8 Å². The topological polar surface area (TPSA) is 99.7 Å². The van der Waals surface area contributed by atoms with E-state index < -0.39 is 6.03 Å². The molecule has 0 bridgehead atoms. The lowest BCUT2D eigenvalue weighted by atomic mass is 10.1. The van der Waals surface area contributed by atoms with Gasteiger partial charge >= 0.3 is 6.03 Å². The van der Waals surface area contributed by atoms with Crippen LogP contribution in [0.4, 0.5) is 27.7 Å². The second-order valence-electron chi connectivity index (χ2n) is 9.26. The molecule has 3 amide bonds. The first-order valence-electron chi connectivity index (χ1n) is 12.4. The number of piperidine rings is 1. The zero-order valence-electron chi connectivity index (χ0n) is 20.7. The lowest BCUT2D eigenvalue weighted by Gasteiger charge is -2.27. The Morgan fingerprint density at radius 1 is 1.13 bits per heavy atom. The summed E-state index contributed by atoms with van der Waals surface area (Å²) in [5.74, 6) is 0.557. The summed E-state index contributed by atoms with van der Waals surface area (Å²) in [6.07, 6.45) is 5.19. The molecule has 4 heterocycles. The normalized spacial score (nSPS) is 15.4. The Kier molecular flexibility index (Phi) is 6.61. The monoisotopic (exact) mass is 548 g/mol. The molecule has 0 unspecified atom stereocenters. The number of hydrogen-bond acceptors (Lipinski definition) is 7. The van der Waals surface area contributed by atoms with Gasteiger partial charge in [0, 0.05) is 12.2 Å². The summed E-state index contributed by atoms with van der Waals surface area (Å²) in [5.41, 5.74) is 2.82. The maximum absolute atomic E-state index is 13.3. The lowest BCUT2D eigenvalue weighted by molar-refractivity contribution is 0.103. The Bertz CT molecular complexity index is 1530. The number of amides is 3. The van der Waals surface area contributed by atoms with Crippen LogP contribution in [0.5, 0.6) is 5.75 Å². The third kappa shape index (κ3) is 4.55. The summed E-state index contributed by atoms with van der Waals surface area (Å²) in [6.45, 7) is 3.18. The molecule has 2 aliphatic heterocycles. The minimum atomic E-state index is -0.451. The van der Waals surface area contributed by atoms with Gasteiger partial charge in [-0.1, -0.05) is 30.2 Å². The first kappa shape index (κ1) is 24.6. The number of carbonyl (C=O) groups is 2. The van der Waals surface area contributed by atoms with Crippen molar-refractivity contribution in [3.8, 4) is 5.75 Å². The largest absolute Gasteiger partial charge is 0.495 e. The minimum Gasteiger partial charge on any atom is -0.495 e. The highest BCUT2D eigenvalue weighted by atomic mass is 35.5. The van der Waals surface area contributed by atoms with Crippen LogP contribution in [0.1, 0.15) is 34.5 Å². The Morgan fingerprint density at radius 3 is 2.66 bits per heavy atom. The molecule has 0 radical (unpaired) electrons. The van der Waals surface area contributed by atoms with Gasteiger partial charge in [-0.2, -0.15) is 0 Å². The van der Waals surface area contributed by atoms with Crippen LogP contribution in [-0.2, 0) is 6.54 Å². The van der Waals surface area contributed by atoms with E-state index in [4.69, 9.17) is 16.3 Å². The number of likely N-dealkylation sites (tertiary alicyclic amines) is 1. The van der Waals surface area contributed by atoms with Crippen molar-refractivity contribution >= 4 is 68.0 Å². The molecule has 2 N–H and O–H groups in total. The van der Waals surface area contributed by atoms with E-state index in [0.717, 1.165) is 19.6 Å². The number of hydrogen-bond donors (Lipinski definition) is 2. The average molecular weight is 549 g/mol. The van der Waals surface area contributed by atoms with Gasteiger partial charge in [-0.25, -0.2) is 19.7 Å². The second-order valence-corrected chi connectivity index (χ2v) is 10.7. The molecular weight excluding hydrogens is 524 g/mol. The molecule has 11 heteroatoms. The standard InChI is InChI=1S/C27H25ClN6O3S/c1-37-20-10-9-18(13-19(20)28)34-24-21-22(32-27(34)36)23(38-26(21)30-15-29-24)25(35)31-17-7-5-16(6-8-17)14-33-11-3-2-4-12-33/h5-10,13,15H,2-4,11-12,14H2,1H3,(H,31,35)(H,32,36). The highest BCUT2D eigenvalue weighted by Crippen LogP contribution is 2.45. The van der Waals surface area contributed by atoms with E-state index in [1.54, 1.807) is 18.2 Å². The molecule has 0 aliphatic carbocycles. The molecule has 2 aromatic carbocycles. The van der Waals surface area contributed by atoms with Crippen molar-refractivity contribution in [3.63, 3.8) is 0 Å². The number of ether oxygens (including phenoxy) is 1. The van der Waals surface area contributed by atoms with Crippen LogP contribution in [0.2, 0.25) is 5.02 Å². The van der Waals surface area contributed by atoms with Crippen molar-refractivity contribution in [2.75, 3.05) is 35.7 Å². The Hall–Kier alpha value is -3.73. The van der Waals surface area contributed by atoms with Gasteiger partial charge in [0.2, 0.25) is 0 Å². The first-order valence-corrected chi connectivity index (χ1v) is 13.6. The van der Waals surface area contributed by atoms with E-state index in [1.165, 1.54) is 54.5 Å². The van der Waals surface area contributed by atoms with Crippen molar-refractivity contribution in [3.05, 3.63) is 64.3 Å². The van der Waals surface area contributed by atoms with Gasteiger partial charge in [0.25, 0.3) is 5.91 Å². The summed E-state index contributed by atoms with van der Waals surface area (Å²) < 4.78 is 5.23. The predicted octanol–water partition coefficient (Wildman–Crippen LogP) is 6.28. The summed E-state index contributed by atoms with van der Waals surface area (Å²) >= 11 is 7.52. The lowest BCUT2D eigenvalue weighted by Crippen LogP contribution is -2.35. The fraction of sp³-hybridized carbons (Fsp3) is 0.259. The van der Waals surface area contributed by atoms with Crippen LogP contribution < -0.4 is 20.3 Å².